The van der Waals surface area contributed by atoms with Crippen LogP contribution in [0.1, 0.15) is 19.3 Å². The summed E-state index contributed by atoms with van der Waals surface area (Å²) >= 11 is 0. The fourth-order valence-corrected chi connectivity index (χ4v) is 0.560. The Morgan fingerprint density at radius 1 is 1.33 bits per heavy atom. The number of hydrogen-bond donors (Lipinski definition) is 3. The van der Waals surface area contributed by atoms with Crippen molar-refractivity contribution in [2.45, 2.75) is 25.4 Å². The third kappa shape index (κ3) is 5.76. The molecule has 0 fully saturated rings. The van der Waals surface area contributed by atoms with Gasteiger partial charge < -0.3 is 15.3 Å². The smallest absolute Gasteiger partial charge is 0.0800 e. The Morgan fingerprint density at radius 3 is 2.44 bits per heavy atom. The Balaban J connectivity index is 2.95. The Hall–Kier alpha value is -0.120. The minimum absolute atomic E-state index is 0.00654. The highest BCUT2D eigenvalue weighted by Crippen LogP contribution is 2.00. The zero-order valence-electron chi connectivity index (χ0n) is 5.32. The molecule has 1 unspecified atom stereocenters. The molecule has 0 bridgehead atoms. The Kier molecular flexibility index (Phi) is 5.93. The molecule has 3 nitrogen and oxygen atoms in total. The van der Waals surface area contributed by atoms with Crippen LogP contribution in [0, 0.1) is 6.61 Å². The summed E-state index contributed by atoms with van der Waals surface area (Å²) in [5.41, 5.74) is 0. The van der Waals surface area contributed by atoms with E-state index in [1.165, 1.54) is 0 Å². The van der Waals surface area contributed by atoms with Crippen molar-refractivity contribution >= 4 is 0 Å². The summed E-state index contributed by atoms with van der Waals surface area (Å²) in [6, 6.07) is 0. The molecule has 0 aliphatic rings. The zero-order chi connectivity index (χ0) is 7.11. The van der Waals surface area contributed by atoms with Crippen molar-refractivity contribution < 1.29 is 15.3 Å². The van der Waals surface area contributed by atoms with Crippen LogP contribution < -0.4 is 0 Å². The van der Waals surface area contributed by atoms with Crippen LogP contribution in [0.4, 0.5) is 0 Å². The van der Waals surface area contributed by atoms with Crippen molar-refractivity contribution in [1.82, 2.24) is 0 Å². The average molecular weight is 133 g/mol. The molecule has 1 radical (unpaired) electrons. The molecule has 0 saturated heterocycles. The van der Waals surface area contributed by atoms with Gasteiger partial charge in [-0.15, -0.1) is 0 Å². The zero-order valence-corrected chi connectivity index (χ0v) is 5.32. The van der Waals surface area contributed by atoms with E-state index in [-0.39, 0.29) is 6.61 Å². The van der Waals surface area contributed by atoms with Crippen LogP contribution in [-0.2, 0) is 0 Å². The summed E-state index contributed by atoms with van der Waals surface area (Å²) in [5, 5.41) is 25.4. The van der Waals surface area contributed by atoms with Gasteiger partial charge in [-0.3, -0.25) is 0 Å². The number of aliphatic hydroxyl groups is 3. The van der Waals surface area contributed by atoms with Crippen LogP contribution in [0.5, 0.6) is 0 Å². The lowest BCUT2D eigenvalue weighted by molar-refractivity contribution is 0.121. The van der Waals surface area contributed by atoms with E-state index < -0.39 is 6.10 Å². The molecule has 0 heterocycles. The van der Waals surface area contributed by atoms with Crippen molar-refractivity contribution in [3.8, 4) is 0 Å². The van der Waals surface area contributed by atoms with Crippen molar-refractivity contribution in [1.29, 1.82) is 0 Å². The van der Waals surface area contributed by atoms with Gasteiger partial charge in [0.1, 0.15) is 0 Å². The summed E-state index contributed by atoms with van der Waals surface area (Å²) in [6.07, 6.45) is 0.935. The molecule has 3 N–H and O–H groups in total. The predicted octanol–water partition coefficient (Wildman–Crippen LogP) is 0.0442. The Bertz CT molecular complexity index is 56.3. The van der Waals surface area contributed by atoms with Crippen molar-refractivity contribution in [3.05, 3.63) is 6.61 Å². The standard InChI is InChI=1S/C6H13O3/c7-4-1-2-6(9)3-5-8/h4,6-9H,1-3,5H2. The molecule has 0 aliphatic heterocycles. The van der Waals surface area contributed by atoms with Crippen LogP contribution in [0.25, 0.3) is 0 Å². The van der Waals surface area contributed by atoms with E-state index in [1.54, 1.807) is 0 Å². The van der Waals surface area contributed by atoms with Crippen LogP contribution in [-0.4, -0.2) is 28.0 Å². The lowest BCUT2D eigenvalue weighted by Crippen LogP contribution is -2.08. The van der Waals surface area contributed by atoms with Gasteiger partial charge in [-0.2, -0.15) is 0 Å². The van der Waals surface area contributed by atoms with Gasteiger partial charge in [0, 0.05) is 6.61 Å². The molecule has 9 heavy (non-hydrogen) atoms. The van der Waals surface area contributed by atoms with E-state index in [0.717, 1.165) is 6.61 Å². The van der Waals surface area contributed by atoms with Gasteiger partial charge in [-0.05, 0) is 19.3 Å². The predicted molar refractivity (Wildman–Crippen MR) is 33.2 cm³/mol. The van der Waals surface area contributed by atoms with E-state index in [2.05, 4.69) is 0 Å². The van der Waals surface area contributed by atoms with Crippen LogP contribution >= 0.6 is 0 Å². The highest BCUT2D eigenvalue weighted by Gasteiger charge is 2.00. The normalized spacial score (nSPS) is 13.7. The molecule has 3 heteroatoms. The third-order valence-corrected chi connectivity index (χ3v) is 1.09. The lowest BCUT2D eigenvalue weighted by Gasteiger charge is -2.05. The number of hydrogen-bond acceptors (Lipinski definition) is 3. The minimum Gasteiger partial charge on any atom is -0.396 e. The summed E-state index contributed by atoms with van der Waals surface area (Å²) in [4.78, 5) is 0. The third-order valence-electron chi connectivity index (χ3n) is 1.09. The van der Waals surface area contributed by atoms with Gasteiger partial charge in [-0.25, -0.2) is 0 Å². The fraction of sp³-hybridized carbons (Fsp3) is 0.833. The highest BCUT2D eigenvalue weighted by molar-refractivity contribution is 4.57. The molecule has 0 aromatic carbocycles. The lowest BCUT2D eigenvalue weighted by atomic mass is 10.1. The fourth-order valence-electron chi connectivity index (χ4n) is 0.560. The van der Waals surface area contributed by atoms with Crippen molar-refractivity contribution in [2.75, 3.05) is 6.61 Å². The second-order valence-corrected chi connectivity index (χ2v) is 1.93. The quantitative estimate of drug-likeness (QED) is 0.496. The van der Waals surface area contributed by atoms with Gasteiger partial charge in [0.2, 0.25) is 0 Å². The Labute approximate surface area is 54.9 Å². The van der Waals surface area contributed by atoms with Gasteiger partial charge in [0.05, 0.1) is 12.7 Å². The summed E-state index contributed by atoms with van der Waals surface area (Å²) in [7, 11) is 0. The molecule has 0 aliphatic carbocycles. The van der Waals surface area contributed by atoms with E-state index in [0.29, 0.717) is 19.3 Å². The number of rotatable bonds is 5. The first-order valence-electron chi connectivity index (χ1n) is 3.06. The van der Waals surface area contributed by atoms with Gasteiger partial charge >= 0.3 is 0 Å². The molecule has 55 valence electrons. The first-order valence-corrected chi connectivity index (χ1v) is 3.06. The van der Waals surface area contributed by atoms with Crippen LogP contribution in [0.3, 0.4) is 0 Å². The monoisotopic (exact) mass is 133 g/mol. The minimum atomic E-state index is -0.474. The van der Waals surface area contributed by atoms with Crippen molar-refractivity contribution in [3.63, 3.8) is 0 Å². The average Bonchev–Trinajstić information content (AvgIpc) is 1.85. The van der Waals surface area contributed by atoms with E-state index >= 15 is 0 Å². The maximum Gasteiger partial charge on any atom is 0.0800 e. The maximum absolute atomic E-state index is 8.89. The molecule has 1 atom stereocenters. The van der Waals surface area contributed by atoms with E-state index in [9.17, 15) is 0 Å². The molecule has 0 aromatic heterocycles. The largest absolute Gasteiger partial charge is 0.396 e. The second-order valence-electron chi connectivity index (χ2n) is 1.93. The maximum atomic E-state index is 8.89. The van der Waals surface area contributed by atoms with Gasteiger partial charge in [-0.1, -0.05) is 0 Å². The van der Waals surface area contributed by atoms with Crippen molar-refractivity contribution in [2.24, 2.45) is 0 Å². The molecule has 0 aromatic rings. The van der Waals surface area contributed by atoms with Crippen LogP contribution in [0.15, 0.2) is 0 Å². The molecule has 0 rings (SSSR count). The number of aliphatic hydroxyl groups excluding tert-OH is 3. The topological polar surface area (TPSA) is 60.7 Å². The second kappa shape index (κ2) is 6.01. The van der Waals surface area contributed by atoms with Gasteiger partial charge in [0.15, 0.2) is 0 Å². The molecule has 0 saturated carbocycles. The van der Waals surface area contributed by atoms with E-state index in [1.807, 2.05) is 0 Å². The Morgan fingerprint density at radius 2 is 2.00 bits per heavy atom. The SMILES string of the molecule is O[CH]CCC(O)CCO. The first kappa shape index (κ1) is 8.88. The summed E-state index contributed by atoms with van der Waals surface area (Å²) in [5.74, 6) is 0. The molecule has 0 spiro atoms. The molecular weight excluding hydrogens is 120 g/mol. The molecular formula is C6H13O3. The summed E-state index contributed by atoms with van der Waals surface area (Å²) < 4.78 is 0. The van der Waals surface area contributed by atoms with Gasteiger partial charge in [0.25, 0.3) is 0 Å². The molecule has 0 amide bonds. The highest BCUT2D eigenvalue weighted by atomic mass is 16.3. The van der Waals surface area contributed by atoms with E-state index in [4.69, 9.17) is 15.3 Å². The first-order chi connectivity index (χ1) is 4.31. The summed E-state index contributed by atoms with van der Waals surface area (Å²) in [6.45, 7) is 1.02. The van der Waals surface area contributed by atoms with Crippen LogP contribution in [0.2, 0.25) is 0 Å².